The lowest BCUT2D eigenvalue weighted by molar-refractivity contribution is -0.140. The number of methoxy groups -OCH3 is 1. The van der Waals surface area contributed by atoms with Gasteiger partial charge in [0.2, 0.25) is 0 Å². The normalized spacial score (nSPS) is 13.2. The number of aromatic nitrogens is 4. The average Bonchev–Trinajstić information content (AvgIpc) is 3.28. The van der Waals surface area contributed by atoms with Crippen molar-refractivity contribution in [2.45, 2.75) is 37.1 Å². The number of benzene rings is 2. The molecular weight excluding hydrogens is 498 g/mol. The van der Waals surface area contributed by atoms with E-state index in [1.54, 1.807) is 29.2 Å². The van der Waals surface area contributed by atoms with E-state index in [1.807, 2.05) is 54.7 Å². The molecule has 4 rings (SSSR count). The van der Waals surface area contributed by atoms with Crippen LogP contribution in [0.15, 0.2) is 65.8 Å². The SMILES string of the molecule is CCCN(Cc1cc(C(CC(=O)OC)c2ccc3c(c2)nnn3C)ccc1Cl)[S+]([O-])c1cccnc1. The number of rotatable bonds is 10. The lowest BCUT2D eigenvalue weighted by Crippen LogP contribution is -2.31. The number of nitrogens with zero attached hydrogens (tertiary/aromatic N) is 5. The van der Waals surface area contributed by atoms with Crippen LogP contribution in [0.4, 0.5) is 0 Å². The first kappa shape index (κ1) is 26.1. The second kappa shape index (κ2) is 11.8. The third-order valence-electron chi connectivity index (χ3n) is 6.00. The van der Waals surface area contributed by atoms with E-state index in [4.69, 9.17) is 16.3 Å². The number of carbonyl (C=O) groups excluding carboxylic acids is 1. The number of esters is 1. The summed E-state index contributed by atoms with van der Waals surface area (Å²) in [6, 6.07) is 15.2. The zero-order valence-electron chi connectivity index (χ0n) is 20.4. The average molecular weight is 526 g/mol. The van der Waals surface area contributed by atoms with Gasteiger partial charge in [0.05, 0.1) is 43.2 Å². The van der Waals surface area contributed by atoms with Crippen molar-refractivity contribution < 1.29 is 14.1 Å². The number of fused-ring (bicyclic) bond motifs is 1. The number of halogens is 1. The standard InChI is InChI=1S/C26H28ClN5O3S/c1-4-12-32(36(34)21-6-5-11-28-16-21)17-20-13-18(7-9-23(20)27)22(15-26(33)35-3)19-8-10-25-24(14-19)29-30-31(25)2/h5-11,13-14,16,22H,4,12,15,17H2,1-3H3. The molecular formula is C26H28ClN5O3S. The molecule has 0 aliphatic carbocycles. The van der Waals surface area contributed by atoms with Gasteiger partial charge in [-0.1, -0.05) is 41.9 Å². The van der Waals surface area contributed by atoms with Crippen LogP contribution in [0.5, 0.6) is 0 Å². The Labute approximate surface area is 218 Å². The van der Waals surface area contributed by atoms with Gasteiger partial charge in [0, 0.05) is 30.7 Å². The maximum absolute atomic E-state index is 13.3. The molecule has 0 radical (unpaired) electrons. The Kier molecular flexibility index (Phi) is 8.58. The van der Waals surface area contributed by atoms with Gasteiger partial charge in [0.1, 0.15) is 5.52 Å². The molecule has 0 aliphatic heterocycles. The smallest absolute Gasteiger partial charge is 0.306 e. The van der Waals surface area contributed by atoms with Crippen molar-refractivity contribution in [3.8, 4) is 0 Å². The summed E-state index contributed by atoms with van der Waals surface area (Å²) in [5, 5.41) is 8.88. The highest BCUT2D eigenvalue weighted by Gasteiger charge is 2.25. The lowest BCUT2D eigenvalue weighted by atomic mass is 9.87. The highest BCUT2D eigenvalue weighted by molar-refractivity contribution is 7.89. The molecule has 0 bridgehead atoms. The van der Waals surface area contributed by atoms with E-state index in [0.717, 1.165) is 34.1 Å². The molecule has 0 fully saturated rings. The van der Waals surface area contributed by atoms with Crippen LogP contribution in [0.1, 0.15) is 42.4 Å². The van der Waals surface area contributed by atoms with Gasteiger partial charge in [-0.3, -0.25) is 9.78 Å². The van der Waals surface area contributed by atoms with Crippen LogP contribution in [0.3, 0.4) is 0 Å². The Hall–Kier alpha value is -2.98. The fourth-order valence-corrected chi connectivity index (χ4v) is 5.57. The van der Waals surface area contributed by atoms with Crippen molar-refractivity contribution in [3.05, 3.63) is 82.6 Å². The van der Waals surface area contributed by atoms with E-state index in [2.05, 4.69) is 15.3 Å². The van der Waals surface area contributed by atoms with Crippen molar-refractivity contribution in [3.63, 3.8) is 0 Å². The number of hydrogen-bond acceptors (Lipinski definition) is 7. The number of pyridine rings is 1. The molecule has 0 aliphatic rings. The maximum Gasteiger partial charge on any atom is 0.306 e. The fourth-order valence-electron chi connectivity index (χ4n) is 4.14. The minimum absolute atomic E-state index is 0.156. The molecule has 0 N–H and O–H groups in total. The molecule has 2 aromatic carbocycles. The molecule has 2 unspecified atom stereocenters. The first-order valence-corrected chi connectivity index (χ1v) is 13.1. The Bertz CT molecular complexity index is 1330. The number of carbonyl (C=O) groups is 1. The van der Waals surface area contributed by atoms with Gasteiger partial charge >= 0.3 is 5.97 Å². The zero-order chi connectivity index (χ0) is 25.7. The minimum atomic E-state index is -1.39. The molecule has 0 saturated carbocycles. The van der Waals surface area contributed by atoms with Crippen LogP contribution < -0.4 is 0 Å². The Morgan fingerprint density at radius 1 is 1.22 bits per heavy atom. The Morgan fingerprint density at radius 3 is 2.72 bits per heavy atom. The van der Waals surface area contributed by atoms with Crippen molar-refractivity contribution >= 4 is 40.0 Å². The van der Waals surface area contributed by atoms with Crippen LogP contribution in [0, 0.1) is 0 Å². The molecule has 36 heavy (non-hydrogen) atoms. The predicted molar refractivity (Wildman–Crippen MR) is 140 cm³/mol. The molecule has 0 saturated heterocycles. The summed E-state index contributed by atoms with van der Waals surface area (Å²) in [5.41, 5.74) is 4.31. The monoisotopic (exact) mass is 525 g/mol. The third-order valence-corrected chi connectivity index (χ3v) is 7.79. The quantitative estimate of drug-likeness (QED) is 0.220. The Balaban J connectivity index is 1.69. The summed E-state index contributed by atoms with van der Waals surface area (Å²) in [6.45, 7) is 3.05. The molecule has 10 heteroatoms. The van der Waals surface area contributed by atoms with Crippen LogP contribution in [0.2, 0.25) is 5.02 Å². The molecule has 4 aromatic rings. The van der Waals surface area contributed by atoms with Gasteiger partial charge in [-0.15, -0.1) is 9.40 Å². The summed E-state index contributed by atoms with van der Waals surface area (Å²) < 4.78 is 21.9. The molecule has 2 aromatic heterocycles. The van der Waals surface area contributed by atoms with Crippen molar-refractivity contribution in [2.75, 3.05) is 13.7 Å². The highest BCUT2D eigenvalue weighted by Crippen LogP contribution is 2.33. The van der Waals surface area contributed by atoms with Gasteiger partial charge in [-0.05, 0) is 53.4 Å². The summed E-state index contributed by atoms with van der Waals surface area (Å²) in [7, 11) is 3.22. The molecule has 0 spiro atoms. The van der Waals surface area contributed by atoms with Gasteiger partial charge in [0.25, 0.3) is 0 Å². The predicted octanol–water partition coefficient (Wildman–Crippen LogP) is 4.65. The van der Waals surface area contributed by atoms with Crippen LogP contribution in [-0.2, 0) is 34.5 Å². The van der Waals surface area contributed by atoms with Crippen LogP contribution in [0.25, 0.3) is 11.0 Å². The van der Waals surface area contributed by atoms with Crippen molar-refractivity contribution in [1.82, 2.24) is 24.3 Å². The van der Waals surface area contributed by atoms with Gasteiger partial charge < -0.3 is 9.29 Å². The summed E-state index contributed by atoms with van der Waals surface area (Å²) in [5.74, 6) is -0.593. The van der Waals surface area contributed by atoms with Crippen molar-refractivity contribution in [2.24, 2.45) is 7.05 Å². The summed E-state index contributed by atoms with van der Waals surface area (Å²) in [6.07, 6.45) is 4.26. The molecule has 8 nitrogen and oxygen atoms in total. The number of aryl methyl sites for hydroxylation is 1. The van der Waals surface area contributed by atoms with Gasteiger partial charge in [-0.25, -0.2) is 4.68 Å². The van der Waals surface area contributed by atoms with Crippen LogP contribution >= 0.6 is 11.6 Å². The summed E-state index contributed by atoms with van der Waals surface area (Å²) in [4.78, 5) is 17.1. The summed E-state index contributed by atoms with van der Waals surface area (Å²) >= 11 is 5.22. The Morgan fingerprint density at radius 2 is 2.00 bits per heavy atom. The fraction of sp³-hybridized carbons (Fsp3) is 0.308. The topological polar surface area (TPSA) is 96.2 Å². The lowest BCUT2D eigenvalue weighted by Gasteiger charge is -2.25. The molecule has 188 valence electrons. The van der Waals surface area contributed by atoms with Crippen LogP contribution in [-0.4, -0.2) is 48.5 Å². The minimum Gasteiger partial charge on any atom is -0.593 e. The largest absolute Gasteiger partial charge is 0.593 e. The van der Waals surface area contributed by atoms with Gasteiger partial charge in [-0.2, -0.15) is 0 Å². The van der Waals surface area contributed by atoms with Gasteiger partial charge in [0.15, 0.2) is 4.90 Å². The van der Waals surface area contributed by atoms with E-state index in [9.17, 15) is 9.35 Å². The van der Waals surface area contributed by atoms with E-state index in [1.165, 1.54) is 7.11 Å². The molecule has 0 amide bonds. The van der Waals surface area contributed by atoms with Crippen molar-refractivity contribution in [1.29, 1.82) is 0 Å². The first-order chi connectivity index (χ1) is 17.4. The zero-order valence-corrected chi connectivity index (χ0v) is 22.0. The number of hydrogen-bond donors (Lipinski definition) is 0. The number of ether oxygens (including phenoxy) is 1. The second-order valence-electron chi connectivity index (χ2n) is 8.45. The van der Waals surface area contributed by atoms with E-state index in [0.29, 0.717) is 23.0 Å². The molecule has 2 atom stereocenters. The van der Waals surface area contributed by atoms with E-state index >= 15 is 0 Å². The van der Waals surface area contributed by atoms with E-state index < -0.39 is 11.4 Å². The maximum atomic E-state index is 13.3. The molecule has 2 heterocycles. The second-order valence-corrected chi connectivity index (χ2v) is 10.3. The van der Waals surface area contributed by atoms with E-state index in [-0.39, 0.29) is 18.3 Å². The third kappa shape index (κ3) is 5.87. The highest BCUT2D eigenvalue weighted by atomic mass is 35.5. The first-order valence-electron chi connectivity index (χ1n) is 11.6.